The lowest BCUT2D eigenvalue weighted by Crippen LogP contribution is -2.29. The normalized spacial score (nSPS) is 11.6. The number of carbonyl (C=O) groups is 2. The molecule has 23 heavy (non-hydrogen) atoms. The van der Waals surface area contributed by atoms with Crippen LogP contribution in [0.5, 0.6) is 0 Å². The van der Waals surface area contributed by atoms with Crippen molar-refractivity contribution in [2.45, 2.75) is 13.0 Å². The average Bonchev–Trinajstić information content (AvgIpc) is 2.99. The first-order chi connectivity index (χ1) is 10.9. The number of amides is 1. The molecule has 2 rings (SSSR count). The molecule has 1 N–H and O–H groups in total. The van der Waals surface area contributed by atoms with E-state index in [1.54, 1.807) is 12.1 Å². The van der Waals surface area contributed by atoms with Crippen molar-refractivity contribution in [2.24, 2.45) is 0 Å². The van der Waals surface area contributed by atoms with Gasteiger partial charge >= 0.3 is 11.0 Å². The van der Waals surface area contributed by atoms with Gasteiger partial charge in [-0.1, -0.05) is 22.9 Å². The Kier molecular flexibility index (Phi) is 5.24. The summed E-state index contributed by atoms with van der Waals surface area (Å²) in [4.78, 5) is 37.6. The Balaban J connectivity index is 1.98. The topological polar surface area (TPSA) is 111 Å². The Morgan fingerprint density at radius 2 is 2.17 bits per heavy atom. The lowest BCUT2D eigenvalue weighted by atomic mass is 10.3. The molecule has 0 fully saturated rings. The van der Waals surface area contributed by atoms with Crippen molar-refractivity contribution < 1.29 is 19.2 Å². The van der Waals surface area contributed by atoms with Crippen LogP contribution in [0.4, 0.5) is 10.7 Å². The average molecular weight is 356 g/mol. The minimum atomic E-state index is -1.11. The van der Waals surface area contributed by atoms with Crippen LogP contribution < -0.4 is 5.32 Å². The second-order valence-electron chi connectivity index (χ2n) is 4.27. The van der Waals surface area contributed by atoms with E-state index in [0.29, 0.717) is 11.3 Å². The van der Waals surface area contributed by atoms with Crippen LogP contribution in [-0.4, -0.2) is 27.9 Å². The van der Waals surface area contributed by atoms with Crippen molar-refractivity contribution in [1.82, 2.24) is 4.98 Å². The van der Waals surface area contributed by atoms with E-state index in [2.05, 4.69) is 10.3 Å². The maximum absolute atomic E-state index is 12.0. The van der Waals surface area contributed by atoms with E-state index in [1.807, 2.05) is 0 Å². The number of nitrogens with one attached hydrogen (secondary N) is 1. The molecular formula is C13H10ClN3O5S. The van der Waals surface area contributed by atoms with Gasteiger partial charge in [0.25, 0.3) is 5.91 Å². The van der Waals surface area contributed by atoms with Gasteiger partial charge in [0.2, 0.25) is 0 Å². The van der Waals surface area contributed by atoms with Crippen molar-refractivity contribution in [3.05, 3.63) is 50.6 Å². The Morgan fingerprint density at radius 1 is 1.43 bits per heavy atom. The molecule has 1 atom stereocenters. The molecule has 2 aromatic rings. The minimum Gasteiger partial charge on any atom is -0.448 e. The van der Waals surface area contributed by atoms with E-state index in [4.69, 9.17) is 16.3 Å². The van der Waals surface area contributed by atoms with Crippen molar-refractivity contribution in [1.29, 1.82) is 0 Å². The van der Waals surface area contributed by atoms with Gasteiger partial charge in [-0.3, -0.25) is 14.9 Å². The standard InChI is InChI=1S/C13H10ClN3O5S/c1-7(12(18)16-8-3-2-6-15-11(8)14)22-13(19)9-4-5-10(23-9)17(20)21/h2-7H,1H3,(H,16,18). The van der Waals surface area contributed by atoms with Crippen LogP contribution >= 0.6 is 22.9 Å². The van der Waals surface area contributed by atoms with Crippen LogP contribution in [0.15, 0.2) is 30.5 Å². The molecule has 0 radical (unpaired) electrons. The molecule has 10 heteroatoms. The summed E-state index contributed by atoms with van der Waals surface area (Å²) in [5.74, 6) is -1.41. The predicted molar refractivity (Wildman–Crippen MR) is 83.7 cm³/mol. The van der Waals surface area contributed by atoms with Crippen molar-refractivity contribution in [3.63, 3.8) is 0 Å². The summed E-state index contributed by atoms with van der Waals surface area (Å²) >= 11 is 6.48. The largest absolute Gasteiger partial charge is 0.448 e. The molecule has 0 aliphatic heterocycles. The first-order valence-electron chi connectivity index (χ1n) is 6.25. The number of aromatic nitrogens is 1. The number of pyridine rings is 1. The fraction of sp³-hybridized carbons (Fsp3) is 0.154. The molecule has 0 spiro atoms. The Labute approximate surface area is 139 Å². The fourth-order valence-corrected chi connectivity index (χ4v) is 2.39. The highest BCUT2D eigenvalue weighted by Gasteiger charge is 2.22. The molecular weight excluding hydrogens is 346 g/mol. The van der Waals surface area contributed by atoms with E-state index >= 15 is 0 Å². The molecule has 0 saturated carbocycles. The molecule has 8 nitrogen and oxygen atoms in total. The molecule has 2 heterocycles. The first kappa shape index (κ1) is 16.8. The number of nitro groups is 1. The first-order valence-corrected chi connectivity index (χ1v) is 7.44. The maximum atomic E-state index is 12.0. The summed E-state index contributed by atoms with van der Waals surface area (Å²) in [7, 11) is 0. The Morgan fingerprint density at radius 3 is 2.78 bits per heavy atom. The van der Waals surface area contributed by atoms with Gasteiger partial charge in [-0.25, -0.2) is 9.78 Å². The van der Waals surface area contributed by atoms with E-state index in [1.165, 1.54) is 25.3 Å². The van der Waals surface area contributed by atoms with Gasteiger partial charge in [-0.2, -0.15) is 0 Å². The number of hydrogen-bond donors (Lipinski definition) is 1. The molecule has 0 aliphatic rings. The summed E-state index contributed by atoms with van der Waals surface area (Å²) in [5.41, 5.74) is 0.286. The van der Waals surface area contributed by atoms with E-state index in [9.17, 15) is 19.7 Å². The van der Waals surface area contributed by atoms with E-state index in [0.717, 1.165) is 0 Å². The zero-order valence-electron chi connectivity index (χ0n) is 11.7. The third kappa shape index (κ3) is 4.24. The lowest BCUT2D eigenvalue weighted by molar-refractivity contribution is -0.380. The molecule has 2 aromatic heterocycles. The van der Waals surface area contributed by atoms with Gasteiger partial charge in [0, 0.05) is 12.3 Å². The predicted octanol–water partition coefficient (Wildman–Crippen LogP) is 2.89. The summed E-state index contributed by atoms with van der Waals surface area (Å²) in [6.07, 6.45) is 0.352. The summed E-state index contributed by atoms with van der Waals surface area (Å²) < 4.78 is 4.98. The number of ether oxygens (including phenoxy) is 1. The van der Waals surface area contributed by atoms with Crippen molar-refractivity contribution in [2.75, 3.05) is 5.32 Å². The number of nitrogens with zero attached hydrogens (tertiary/aromatic N) is 2. The van der Waals surface area contributed by atoms with Gasteiger partial charge in [0.05, 0.1) is 10.6 Å². The zero-order chi connectivity index (χ0) is 17.0. The zero-order valence-corrected chi connectivity index (χ0v) is 13.3. The van der Waals surface area contributed by atoms with Gasteiger partial charge in [-0.15, -0.1) is 0 Å². The SMILES string of the molecule is CC(OC(=O)c1ccc([N+](=O)[O-])s1)C(=O)Nc1cccnc1Cl. The third-order valence-electron chi connectivity index (χ3n) is 2.64. The number of carbonyl (C=O) groups excluding carboxylic acids is 2. The maximum Gasteiger partial charge on any atom is 0.349 e. The number of rotatable bonds is 5. The molecule has 0 bridgehead atoms. The number of thiophene rings is 1. The Bertz CT molecular complexity index is 764. The molecule has 1 amide bonds. The van der Waals surface area contributed by atoms with Gasteiger partial charge in [-0.05, 0) is 25.1 Å². The summed E-state index contributed by atoms with van der Waals surface area (Å²) in [6.45, 7) is 1.37. The van der Waals surface area contributed by atoms with Crippen molar-refractivity contribution in [3.8, 4) is 0 Å². The van der Waals surface area contributed by atoms with Gasteiger partial charge in [0.1, 0.15) is 4.88 Å². The molecule has 0 aliphatic carbocycles. The highest BCUT2D eigenvalue weighted by Crippen LogP contribution is 2.25. The summed E-state index contributed by atoms with van der Waals surface area (Å²) in [5, 5.41) is 13.0. The van der Waals surface area contributed by atoms with Gasteiger partial charge < -0.3 is 10.1 Å². The van der Waals surface area contributed by atoms with Crippen LogP contribution in [0.1, 0.15) is 16.6 Å². The van der Waals surface area contributed by atoms with E-state index in [-0.39, 0.29) is 20.7 Å². The van der Waals surface area contributed by atoms with E-state index < -0.39 is 22.9 Å². The van der Waals surface area contributed by atoms with Crippen molar-refractivity contribution >= 4 is 45.5 Å². The third-order valence-corrected chi connectivity index (χ3v) is 3.96. The second-order valence-corrected chi connectivity index (χ2v) is 5.69. The molecule has 0 saturated heterocycles. The number of halogens is 1. The number of hydrogen-bond acceptors (Lipinski definition) is 7. The van der Waals surface area contributed by atoms with Gasteiger partial charge in [0.15, 0.2) is 11.3 Å². The molecule has 0 aromatic carbocycles. The Hall–Kier alpha value is -2.52. The summed E-state index contributed by atoms with van der Waals surface area (Å²) in [6, 6.07) is 5.60. The lowest BCUT2D eigenvalue weighted by Gasteiger charge is -2.13. The quantitative estimate of drug-likeness (QED) is 0.382. The number of esters is 1. The highest BCUT2D eigenvalue weighted by atomic mass is 35.5. The minimum absolute atomic E-state index is 0.0377. The van der Waals surface area contributed by atoms with Crippen LogP contribution in [0.2, 0.25) is 5.15 Å². The smallest absolute Gasteiger partial charge is 0.349 e. The molecule has 120 valence electrons. The highest BCUT2D eigenvalue weighted by molar-refractivity contribution is 7.17. The van der Waals surface area contributed by atoms with Crippen LogP contribution in [0, 0.1) is 10.1 Å². The fourth-order valence-electron chi connectivity index (χ4n) is 1.52. The number of anilines is 1. The second kappa shape index (κ2) is 7.16. The van der Waals surface area contributed by atoms with Crippen LogP contribution in [0.25, 0.3) is 0 Å². The monoisotopic (exact) mass is 355 g/mol. The van der Waals surface area contributed by atoms with Crippen LogP contribution in [0.3, 0.4) is 0 Å². The van der Waals surface area contributed by atoms with Crippen LogP contribution in [-0.2, 0) is 9.53 Å². The molecule has 1 unspecified atom stereocenters.